The molecule has 0 heterocycles. The SMILES string of the molecule is CCCCC(CC)CN(CC(CC)CCCC)C(=S)S.CCCCC(CC)CN(CC(CC)CCCC)C(=S)S.CCCCC(CC)CN(CC(CC)CCCC)C(=S)S.[Fe+3]. The van der Waals surface area contributed by atoms with Crippen molar-refractivity contribution in [1.82, 2.24) is 14.7 Å². The number of thiocarbonyl (C=S) groups is 3. The second kappa shape index (κ2) is 49.2. The fourth-order valence-corrected chi connectivity index (χ4v) is 9.00. The van der Waals surface area contributed by atoms with Crippen LogP contribution in [0.5, 0.6) is 0 Å². The molecule has 0 N–H and O–H groups in total. The molecule has 0 spiro atoms. The van der Waals surface area contributed by atoms with Crippen LogP contribution < -0.4 is 0 Å². The van der Waals surface area contributed by atoms with Crippen LogP contribution in [0.15, 0.2) is 0 Å². The average Bonchev–Trinajstić information content (AvgIpc) is 3.24. The summed E-state index contributed by atoms with van der Waals surface area (Å²) in [5.41, 5.74) is 0. The van der Waals surface area contributed by atoms with E-state index in [4.69, 9.17) is 36.7 Å². The number of nitrogens with zero attached hydrogens (tertiary/aromatic N) is 3. The van der Waals surface area contributed by atoms with Crippen molar-refractivity contribution in [3.63, 3.8) is 0 Å². The molecule has 0 aromatic heterocycles. The molecule has 0 saturated heterocycles. The summed E-state index contributed by atoms with van der Waals surface area (Å²) in [7, 11) is 0. The van der Waals surface area contributed by atoms with E-state index in [0.717, 1.165) is 87.7 Å². The quantitative estimate of drug-likeness (QED) is 0.0326. The van der Waals surface area contributed by atoms with Crippen LogP contribution in [0.1, 0.15) is 237 Å². The molecule has 0 aliphatic carbocycles. The molecule has 0 fully saturated rings. The van der Waals surface area contributed by atoms with Gasteiger partial charge in [0.15, 0.2) is 0 Å². The Kier molecular flexibility index (Phi) is 55.5. The molecule has 0 aliphatic rings. The molecule has 0 saturated carbocycles. The van der Waals surface area contributed by atoms with E-state index in [0.29, 0.717) is 0 Å². The van der Waals surface area contributed by atoms with Crippen LogP contribution in [0.25, 0.3) is 0 Å². The van der Waals surface area contributed by atoms with Crippen molar-refractivity contribution >= 4 is 87.5 Å². The summed E-state index contributed by atoms with van der Waals surface area (Å²) in [4.78, 5) is 7.06. The van der Waals surface area contributed by atoms with E-state index in [9.17, 15) is 0 Å². The first-order valence-electron chi connectivity index (χ1n) is 25.7. The minimum atomic E-state index is 0. The van der Waals surface area contributed by atoms with E-state index in [2.05, 4.69) is 136 Å². The fourth-order valence-electron chi connectivity index (χ4n) is 8.07. The Morgan fingerprint density at radius 2 is 0.443 bits per heavy atom. The monoisotopic (exact) mass is 1010 g/mol. The number of hydrogen-bond acceptors (Lipinski definition) is 3. The van der Waals surface area contributed by atoms with Gasteiger partial charge in [0.05, 0.1) is 0 Å². The summed E-state index contributed by atoms with van der Waals surface area (Å²) in [6, 6.07) is 0. The molecule has 61 heavy (non-hydrogen) atoms. The summed E-state index contributed by atoms with van der Waals surface area (Å²) < 4.78 is 2.36. The fraction of sp³-hybridized carbons (Fsp3) is 0.941. The van der Waals surface area contributed by atoms with Crippen LogP contribution >= 0.6 is 74.5 Å². The van der Waals surface area contributed by atoms with Crippen LogP contribution in [0, 0.1) is 35.5 Å². The molecule has 0 rings (SSSR count). The Balaban J connectivity index is -0.000000396. The Hall–Kier alpha value is 1.24. The van der Waals surface area contributed by atoms with Gasteiger partial charge in [-0.15, -0.1) is 37.9 Å². The zero-order chi connectivity index (χ0) is 46.1. The predicted molar refractivity (Wildman–Crippen MR) is 299 cm³/mol. The van der Waals surface area contributed by atoms with Crippen LogP contribution in [0.3, 0.4) is 0 Å². The minimum Gasteiger partial charge on any atom is -0.357 e. The first kappa shape index (κ1) is 68.8. The van der Waals surface area contributed by atoms with Gasteiger partial charge in [0.2, 0.25) is 0 Å². The Morgan fingerprint density at radius 1 is 0.311 bits per heavy atom. The summed E-state index contributed by atoms with van der Waals surface area (Å²) in [6.07, 6.45) is 31.2. The molecule has 0 amide bonds. The van der Waals surface area contributed by atoms with Crippen molar-refractivity contribution in [2.45, 2.75) is 237 Å². The molecule has 0 aromatic carbocycles. The number of unbranched alkanes of at least 4 members (excludes halogenated alkanes) is 6. The summed E-state index contributed by atoms with van der Waals surface area (Å²) in [5.74, 6) is 4.60. The van der Waals surface area contributed by atoms with Crippen LogP contribution in [-0.4, -0.2) is 66.9 Å². The maximum atomic E-state index is 5.36. The molecule has 1 radical (unpaired) electrons. The Bertz CT molecular complexity index is 802. The summed E-state index contributed by atoms with van der Waals surface area (Å²) in [5, 5.41) is 0. The van der Waals surface area contributed by atoms with E-state index in [-0.39, 0.29) is 17.1 Å². The van der Waals surface area contributed by atoms with Crippen LogP contribution in [-0.2, 0) is 17.1 Å². The largest absolute Gasteiger partial charge is 3.00 e. The maximum Gasteiger partial charge on any atom is 3.00 e. The van der Waals surface area contributed by atoms with Gasteiger partial charge < -0.3 is 14.7 Å². The number of rotatable bonds is 36. The Morgan fingerprint density at radius 3 is 0.525 bits per heavy atom. The van der Waals surface area contributed by atoms with Crippen molar-refractivity contribution < 1.29 is 17.1 Å². The summed E-state index contributed by atoms with van der Waals surface area (Å²) >= 11 is 29.5. The normalized spacial score (nSPS) is 13.8. The van der Waals surface area contributed by atoms with E-state index in [1.165, 1.54) is 154 Å². The molecule has 3 nitrogen and oxygen atoms in total. The van der Waals surface area contributed by atoms with Gasteiger partial charge in [0, 0.05) is 39.3 Å². The molecule has 365 valence electrons. The van der Waals surface area contributed by atoms with Crippen molar-refractivity contribution in [1.29, 1.82) is 0 Å². The van der Waals surface area contributed by atoms with E-state index >= 15 is 0 Å². The third kappa shape index (κ3) is 40.1. The van der Waals surface area contributed by atoms with Crippen molar-refractivity contribution in [3.05, 3.63) is 0 Å². The minimum absolute atomic E-state index is 0. The van der Waals surface area contributed by atoms with Crippen molar-refractivity contribution in [2.75, 3.05) is 39.3 Å². The molecular weight excluding hydrogens is 903 g/mol. The molecule has 0 aliphatic heterocycles. The van der Waals surface area contributed by atoms with Gasteiger partial charge in [-0.2, -0.15) is 0 Å². The Labute approximate surface area is 427 Å². The third-order valence-corrected chi connectivity index (χ3v) is 14.6. The number of thiol groups is 3. The number of hydrogen-bond donors (Lipinski definition) is 3. The first-order chi connectivity index (χ1) is 28.7. The smallest absolute Gasteiger partial charge is 0.357 e. The third-order valence-electron chi connectivity index (χ3n) is 12.9. The van der Waals surface area contributed by atoms with Gasteiger partial charge in [-0.1, -0.05) is 235 Å². The van der Waals surface area contributed by atoms with E-state index in [1.807, 2.05) is 0 Å². The maximum absolute atomic E-state index is 5.36. The predicted octanol–water partition coefficient (Wildman–Crippen LogP) is 17.8. The molecule has 0 bridgehead atoms. The van der Waals surface area contributed by atoms with Crippen LogP contribution in [0.2, 0.25) is 0 Å². The van der Waals surface area contributed by atoms with E-state index in [1.54, 1.807) is 0 Å². The molecule has 6 atom stereocenters. The molecule has 10 heteroatoms. The summed E-state index contributed by atoms with van der Waals surface area (Å²) in [6.45, 7) is 34.0. The average molecular weight is 1010 g/mol. The van der Waals surface area contributed by atoms with Gasteiger partial charge in [-0.25, -0.2) is 0 Å². The van der Waals surface area contributed by atoms with Crippen LogP contribution in [0.4, 0.5) is 0 Å². The standard InChI is InChI=1S/3C17H35NS2.Fe/c3*1-5-9-11-15(7-3)13-18(17(19)20)14-16(8-4)12-10-6-2;/h3*15-16H,5-14H2,1-4H3,(H,19,20);/q;;;+3. The van der Waals surface area contributed by atoms with Gasteiger partial charge >= 0.3 is 17.1 Å². The van der Waals surface area contributed by atoms with E-state index < -0.39 is 0 Å². The van der Waals surface area contributed by atoms with Crippen molar-refractivity contribution in [2.24, 2.45) is 35.5 Å². The zero-order valence-corrected chi connectivity index (χ0v) is 48.7. The van der Waals surface area contributed by atoms with Gasteiger partial charge in [0.25, 0.3) is 0 Å². The first-order valence-corrected chi connectivity index (χ1v) is 28.3. The topological polar surface area (TPSA) is 9.72 Å². The van der Waals surface area contributed by atoms with Gasteiger partial charge in [-0.3, -0.25) is 0 Å². The molecule has 6 unspecified atom stereocenters. The second-order valence-electron chi connectivity index (χ2n) is 18.1. The van der Waals surface area contributed by atoms with Gasteiger partial charge in [0.1, 0.15) is 13.0 Å². The zero-order valence-electron chi connectivity index (χ0n) is 42.4. The van der Waals surface area contributed by atoms with Crippen molar-refractivity contribution in [3.8, 4) is 0 Å². The molecular formula is C51H105FeN3S6+3. The van der Waals surface area contributed by atoms with Gasteiger partial charge in [-0.05, 0) is 74.0 Å². The second-order valence-corrected chi connectivity index (χ2v) is 21.4. The molecule has 0 aromatic rings.